The summed E-state index contributed by atoms with van der Waals surface area (Å²) in [6.45, 7) is 4.35. The van der Waals surface area contributed by atoms with Crippen LogP contribution in [0.4, 0.5) is 5.69 Å². The van der Waals surface area contributed by atoms with Gasteiger partial charge in [0.05, 0.1) is 19.2 Å². The Morgan fingerprint density at radius 1 is 1.04 bits per heavy atom. The first-order valence-electron chi connectivity index (χ1n) is 8.69. The molecule has 138 valence electrons. The second-order valence-corrected chi connectivity index (χ2v) is 6.43. The van der Waals surface area contributed by atoms with Crippen molar-refractivity contribution >= 4 is 11.6 Å². The zero-order valence-electron chi connectivity index (χ0n) is 15.7. The second kappa shape index (κ2) is 7.91. The summed E-state index contributed by atoms with van der Waals surface area (Å²) in [6.07, 6.45) is 1.59. The number of carbonyl (C=O) groups excluding carboxylic acids is 1. The minimum Gasteiger partial charge on any atom is -0.497 e. The van der Waals surface area contributed by atoms with E-state index >= 15 is 0 Å². The maximum absolute atomic E-state index is 12.6. The van der Waals surface area contributed by atoms with Crippen LogP contribution in [0.15, 0.2) is 65.6 Å². The van der Waals surface area contributed by atoms with Gasteiger partial charge in [0.25, 0.3) is 11.5 Å². The van der Waals surface area contributed by atoms with Gasteiger partial charge in [0, 0.05) is 18.0 Å². The molecule has 2 aromatic carbocycles. The Morgan fingerprint density at radius 2 is 1.78 bits per heavy atom. The number of hydrogen-bond donors (Lipinski definition) is 1. The van der Waals surface area contributed by atoms with Crippen molar-refractivity contribution < 1.29 is 9.53 Å². The third-order valence-electron chi connectivity index (χ3n) is 4.61. The first kappa shape index (κ1) is 18.5. The molecule has 0 saturated carbocycles. The molecule has 27 heavy (non-hydrogen) atoms. The van der Waals surface area contributed by atoms with Crippen LogP contribution in [-0.4, -0.2) is 17.6 Å². The van der Waals surface area contributed by atoms with Crippen LogP contribution >= 0.6 is 0 Å². The topological polar surface area (TPSA) is 60.3 Å². The van der Waals surface area contributed by atoms with Crippen LogP contribution in [0.3, 0.4) is 0 Å². The van der Waals surface area contributed by atoms with Gasteiger partial charge in [-0.25, -0.2) is 0 Å². The summed E-state index contributed by atoms with van der Waals surface area (Å²) >= 11 is 0. The Bertz CT molecular complexity index is 1020. The number of hydrogen-bond acceptors (Lipinski definition) is 3. The van der Waals surface area contributed by atoms with E-state index in [1.54, 1.807) is 19.4 Å². The van der Waals surface area contributed by atoms with Crippen LogP contribution in [0.5, 0.6) is 5.75 Å². The maximum Gasteiger partial charge on any atom is 0.257 e. The first-order valence-corrected chi connectivity index (χ1v) is 8.69. The van der Waals surface area contributed by atoms with E-state index in [0.29, 0.717) is 12.1 Å². The molecule has 1 N–H and O–H groups in total. The van der Waals surface area contributed by atoms with E-state index in [9.17, 15) is 9.59 Å². The number of carbonyl (C=O) groups is 1. The van der Waals surface area contributed by atoms with Crippen LogP contribution in [0.2, 0.25) is 0 Å². The Balaban J connectivity index is 1.82. The Labute approximate surface area is 158 Å². The van der Waals surface area contributed by atoms with Crippen LogP contribution in [0, 0.1) is 13.8 Å². The van der Waals surface area contributed by atoms with Crippen molar-refractivity contribution in [3.8, 4) is 5.75 Å². The number of anilines is 1. The predicted molar refractivity (Wildman–Crippen MR) is 107 cm³/mol. The molecule has 5 nitrogen and oxygen atoms in total. The van der Waals surface area contributed by atoms with E-state index in [1.165, 1.54) is 10.6 Å². The summed E-state index contributed by atoms with van der Waals surface area (Å²) in [4.78, 5) is 24.8. The Morgan fingerprint density at radius 3 is 2.48 bits per heavy atom. The van der Waals surface area contributed by atoms with E-state index in [0.717, 1.165) is 28.1 Å². The van der Waals surface area contributed by atoms with Crippen LogP contribution in [-0.2, 0) is 6.54 Å². The Kier molecular flexibility index (Phi) is 5.41. The van der Waals surface area contributed by atoms with Crippen molar-refractivity contribution in [2.45, 2.75) is 20.4 Å². The lowest BCUT2D eigenvalue weighted by atomic mass is 10.1. The van der Waals surface area contributed by atoms with Gasteiger partial charge in [0.1, 0.15) is 5.75 Å². The summed E-state index contributed by atoms with van der Waals surface area (Å²) in [5.74, 6) is 0.514. The van der Waals surface area contributed by atoms with Gasteiger partial charge in [-0.1, -0.05) is 24.3 Å². The summed E-state index contributed by atoms with van der Waals surface area (Å²) in [6, 6.07) is 16.2. The van der Waals surface area contributed by atoms with Crippen molar-refractivity contribution in [1.29, 1.82) is 0 Å². The number of rotatable bonds is 5. The number of aromatic nitrogens is 1. The molecule has 3 aromatic rings. The highest BCUT2D eigenvalue weighted by molar-refractivity contribution is 6.04. The summed E-state index contributed by atoms with van der Waals surface area (Å²) in [5.41, 5.74) is 4.13. The molecule has 0 saturated heterocycles. The predicted octanol–water partition coefficient (Wildman–Crippen LogP) is 3.77. The SMILES string of the molecule is COc1ccc(Cn2cc(C(=O)Nc3cccc(C)c3C)ccc2=O)cc1. The zero-order chi connectivity index (χ0) is 19.4. The summed E-state index contributed by atoms with van der Waals surface area (Å²) in [5, 5.41) is 2.92. The van der Waals surface area contributed by atoms with Crippen LogP contribution in [0.1, 0.15) is 27.0 Å². The average molecular weight is 362 g/mol. The molecule has 0 spiro atoms. The van der Waals surface area contributed by atoms with Crippen molar-refractivity contribution in [2.75, 3.05) is 12.4 Å². The molecule has 0 aliphatic heterocycles. The standard InChI is InChI=1S/C22H22N2O3/c1-15-5-4-6-20(16(15)2)23-22(26)18-9-12-21(25)24(14-18)13-17-7-10-19(27-3)11-8-17/h4-12,14H,13H2,1-3H3,(H,23,26). The number of nitrogens with one attached hydrogen (secondary N) is 1. The molecule has 0 bridgehead atoms. The van der Waals surface area contributed by atoms with Gasteiger partial charge in [-0.2, -0.15) is 0 Å². The number of amides is 1. The van der Waals surface area contributed by atoms with Gasteiger partial charge < -0.3 is 14.6 Å². The molecule has 0 aliphatic carbocycles. The van der Waals surface area contributed by atoms with E-state index in [1.807, 2.05) is 56.3 Å². The molecule has 0 aliphatic rings. The molecule has 0 fully saturated rings. The van der Waals surface area contributed by atoms with Gasteiger partial charge >= 0.3 is 0 Å². The van der Waals surface area contributed by atoms with Crippen molar-refractivity contribution in [3.05, 3.63) is 93.4 Å². The van der Waals surface area contributed by atoms with E-state index < -0.39 is 0 Å². The first-order chi connectivity index (χ1) is 13.0. The molecule has 1 amide bonds. The van der Waals surface area contributed by atoms with E-state index in [2.05, 4.69) is 5.32 Å². The number of benzene rings is 2. The molecule has 1 aromatic heterocycles. The lowest BCUT2D eigenvalue weighted by Crippen LogP contribution is -2.22. The lowest BCUT2D eigenvalue weighted by Gasteiger charge is -2.12. The van der Waals surface area contributed by atoms with Crippen molar-refractivity contribution in [1.82, 2.24) is 4.57 Å². The normalized spacial score (nSPS) is 10.5. The number of nitrogens with zero attached hydrogens (tertiary/aromatic N) is 1. The van der Waals surface area contributed by atoms with Crippen LogP contribution < -0.4 is 15.6 Å². The molecular formula is C22H22N2O3. The highest BCUT2D eigenvalue weighted by Crippen LogP contribution is 2.19. The quantitative estimate of drug-likeness (QED) is 0.751. The molecule has 0 unspecified atom stereocenters. The molecule has 0 atom stereocenters. The zero-order valence-corrected chi connectivity index (χ0v) is 15.7. The molecule has 3 rings (SSSR count). The molecule has 5 heteroatoms. The monoisotopic (exact) mass is 362 g/mol. The molecule has 0 radical (unpaired) electrons. The minimum atomic E-state index is -0.243. The maximum atomic E-state index is 12.6. The second-order valence-electron chi connectivity index (χ2n) is 6.43. The largest absolute Gasteiger partial charge is 0.497 e. The fourth-order valence-electron chi connectivity index (χ4n) is 2.80. The van der Waals surface area contributed by atoms with Gasteiger partial charge in [-0.3, -0.25) is 9.59 Å². The van der Waals surface area contributed by atoms with Gasteiger partial charge in [0.2, 0.25) is 0 Å². The molecular weight excluding hydrogens is 340 g/mol. The number of pyridine rings is 1. The van der Waals surface area contributed by atoms with Gasteiger partial charge in [-0.15, -0.1) is 0 Å². The van der Waals surface area contributed by atoms with E-state index in [4.69, 9.17) is 4.74 Å². The summed E-state index contributed by atoms with van der Waals surface area (Å²) < 4.78 is 6.67. The van der Waals surface area contributed by atoms with E-state index in [-0.39, 0.29) is 11.5 Å². The van der Waals surface area contributed by atoms with Crippen molar-refractivity contribution in [2.24, 2.45) is 0 Å². The van der Waals surface area contributed by atoms with Crippen molar-refractivity contribution in [3.63, 3.8) is 0 Å². The highest BCUT2D eigenvalue weighted by atomic mass is 16.5. The fourth-order valence-corrected chi connectivity index (χ4v) is 2.80. The number of aryl methyl sites for hydroxylation is 1. The molecule has 1 heterocycles. The summed E-state index contributed by atoms with van der Waals surface area (Å²) in [7, 11) is 1.61. The number of methoxy groups -OCH3 is 1. The smallest absolute Gasteiger partial charge is 0.257 e. The average Bonchev–Trinajstić information content (AvgIpc) is 2.67. The third-order valence-corrected chi connectivity index (χ3v) is 4.61. The highest BCUT2D eigenvalue weighted by Gasteiger charge is 2.10. The van der Waals surface area contributed by atoms with Gasteiger partial charge in [0.15, 0.2) is 0 Å². The number of ether oxygens (including phenoxy) is 1. The fraction of sp³-hybridized carbons (Fsp3) is 0.182. The third kappa shape index (κ3) is 4.26. The Hall–Kier alpha value is -3.34. The lowest BCUT2D eigenvalue weighted by molar-refractivity contribution is 0.102. The van der Waals surface area contributed by atoms with Gasteiger partial charge in [-0.05, 0) is 54.8 Å². The minimum absolute atomic E-state index is 0.158. The van der Waals surface area contributed by atoms with Crippen LogP contribution in [0.25, 0.3) is 0 Å².